The van der Waals surface area contributed by atoms with E-state index in [-0.39, 0.29) is 0 Å². The van der Waals surface area contributed by atoms with E-state index in [2.05, 4.69) is 24.8 Å². The van der Waals surface area contributed by atoms with Gasteiger partial charge >= 0.3 is 0 Å². The summed E-state index contributed by atoms with van der Waals surface area (Å²) in [6, 6.07) is 1.79. The Balaban J connectivity index is 1.65. The van der Waals surface area contributed by atoms with Gasteiger partial charge in [-0.05, 0) is 12.8 Å². The zero-order valence-electron chi connectivity index (χ0n) is 10.4. The number of anilines is 1. The Labute approximate surface area is 106 Å². The topological polar surface area (TPSA) is 64.9 Å². The van der Waals surface area contributed by atoms with E-state index in [0.717, 1.165) is 31.7 Å². The van der Waals surface area contributed by atoms with Gasteiger partial charge in [0.25, 0.3) is 0 Å². The predicted octanol–water partition coefficient (Wildman–Crippen LogP) is 1.57. The molecule has 0 aromatic carbocycles. The lowest BCUT2D eigenvalue weighted by molar-refractivity contribution is 0.397. The Hall–Kier alpha value is -2.11. The largest absolute Gasteiger partial charge is 0.481 e. The number of rotatable bonds is 7. The Morgan fingerprint density at radius 3 is 3.06 bits per heavy atom. The molecule has 0 aliphatic carbocycles. The van der Waals surface area contributed by atoms with E-state index in [9.17, 15) is 0 Å². The van der Waals surface area contributed by atoms with Crippen molar-refractivity contribution in [2.24, 2.45) is 0 Å². The van der Waals surface area contributed by atoms with E-state index in [4.69, 9.17) is 4.74 Å². The summed E-state index contributed by atoms with van der Waals surface area (Å²) in [4.78, 5) is 12.1. The molecule has 0 fully saturated rings. The first kappa shape index (κ1) is 12.3. The highest BCUT2D eigenvalue weighted by Crippen LogP contribution is 2.10. The van der Waals surface area contributed by atoms with Crippen LogP contribution in [0.3, 0.4) is 0 Å². The molecule has 1 N–H and O–H groups in total. The zero-order valence-corrected chi connectivity index (χ0v) is 10.4. The highest BCUT2D eigenvalue weighted by Gasteiger charge is 1.97. The number of aromatic nitrogens is 4. The van der Waals surface area contributed by atoms with Crippen LogP contribution in [0, 0.1) is 0 Å². The summed E-state index contributed by atoms with van der Waals surface area (Å²) in [6.07, 6.45) is 9.28. The molecule has 6 heteroatoms. The van der Waals surface area contributed by atoms with E-state index in [1.165, 1.54) is 6.33 Å². The normalized spacial score (nSPS) is 10.3. The Morgan fingerprint density at radius 1 is 1.33 bits per heavy atom. The molecule has 0 saturated heterocycles. The third kappa shape index (κ3) is 3.73. The number of ether oxygens (including phenoxy) is 1. The zero-order chi connectivity index (χ0) is 12.6. The summed E-state index contributed by atoms with van der Waals surface area (Å²) in [5.74, 6) is 1.37. The number of imidazole rings is 1. The van der Waals surface area contributed by atoms with Crippen molar-refractivity contribution in [1.29, 1.82) is 0 Å². The predicted molar refractivity (Wildman–Crippen MR) is 68.5 cm³/mol. The fourth-order valence-corrected chi connectivity index (χ4v) is 1.60. The second-order valence-electron chi connectivity index (χ2n) is 3.88. The van der Waals surface area contributed by atoms with Crippen molar-refractivity contribution >= 4 is 5.82 Å². The average molecular weight is 247 g/mol. The molecule has 0 radical (unpaired) electrons. The third-order valence-corrected chi connectivity index (χ3v) is 2.56. The molecule has 2 aromatic rings. The maximum absolute atomic E-state index is 5.03. The van der Waals surface area contributed by atoms with Crippen molar-refractivity contribution < 1.29 is 4.74 Å². The molecule has 2 rings (SSSR count). The number of hydrogen-bond acceptors (Lipinski definition) is 5. The van der Waals surface area contributed by atoms with Gasteiger partial charge in [0, 0.05) is 31.5 Å². The average Bonchev–Trinajstić information content (AvgIpc) is 2.92. The lowest BCUT2D eigenvalue weighted by Gasteiger charge is -2.06. The van der Waals surface area contributed by atoms with Gasteiger partial charge in [-0.2, -0.15) is 0 Å². The first-order valence-electron chi connectivity index (χ1n) is 5.94. The second kappa shape index (κ2) is 6.58. The van der Waals surface area contributed by atoms with E-state index in [1.807, 2.05) is 12.5 Å². The van der Waals surface area contributed by atoms with Gasteiger partial charge in [0.05, 0.1) is 13.4 Å². The van der Waals surface area contributed by atoms with Crippen molar-refractivity contribution in [1.82, 2.24) is 19.5 Å². The number of nitrogens with one attached hydrogen (secondary N) is 1. The summed E-state index contributed by atoms with van der Waals surface area (Å²) in [6.45, 7) is 1.88. The van der Waals surface area contributed by atoms with Gasteiger partial charge in [-0.3, -0.25) is 0 Å². The van der Waals surface area contributed by atoms with Crippen LogP contribution in [0.25, 0.3) is 0 Å². The molecule has 0 bridgehead atoms. The summed E-state index contributed by atoms with van der Waals surface area (Å²) < 4.78 is 7.11. The molecule has 0 amide bonds. The van der Waals surface area contributed by atoms with Gasteiger partial charge in [-0.15, -0.1) is 0 Å². The standard InChI is InChI=1S/C12H17N5O/c1-18-12-8-11(15-9-16-12)14-4-2-3-6-17-7-5-13-10-17/h5,7-10H,2-4,6H2,1H3,(H,14,15,16). The van der Waals surface area contributed by atoms with Crippen LogP contribution in [-0.4, -0.2) is 33.2 Å². The Kier molecular flexibility index (Phi) is 4.52. The molecule has 0 unspecified atom stereocenters. The highest BCUT2D eigenvalue weighted by molar-refractivity contribution is 5.36. The molecular formula is C12H17N5O. The van der Waals surface area contributed by atoms with Gasteiger partial charge in [0.15, 0.2) is 0 Å². The molecule has 0 spiro atoms. The van der Waals surface area contributed by atoms with E-state index in [1.54, 1.807) is 19.4 Å². The summed E-state index contributed by atoms with van der Waals surface area (Å²) in [7, 11) is 1.59. The fourth-order valence-electron chi connectivity index (χ4n) is 1.60. The van der Waals surface area contributed by atoms with E-state index in [0.29, 0.717) is 5.88 Å². The molecule has 2 aromatic heterocycles. The fraction of sp³-hybridized carbons (Fsp3) is 0.417. The molecule has 0 atom stereocenters. The molecule has 0 saturated carbocycles. The first-order valence-corrected chi connectivity index (χ1v) is 5.94. The van der Waals surface area contributed by atoms with E-state index < -0.39 is 0 Å². The number of hydrogen-bond donors (Lipinski definition) is 1. The SMILES string of the molecule is COc1cc(NCCCCn2ccnc2)ncn1. The number of methoxy groups -OCH3 is 1. The summed E-state index contributed by atoms with van der Waals surface area (Å²) in [5.41, 5.74) is 0. The van der Waals surface area contributed by atoms with Crippen molar-refractivity contribution in [2.45, 2.75) is 19.4 Å². The number of unbranched alkanes of at least 4 members (excludes halogenated alkanes) is 1. The second-order valence-corrected chi connectivity index (χ2v) is 3.88. The van der Waals surface area contributed by atoms with Crippen molar-refractivity contribution in [2.75, 3.05) is 19.0 Å². The van der Waals surface area contributed by atoms with Crippen molar-refractivity contribution in [3.8, 4) is 5.88 Å². The van der Waals surface area contributed by atoms with Crippen LogP contribution in [-0.2, 0) is 6.54 Å². The number of aryl methyl sites for hydroxylation is 1. The van der Waals surface area contributed by atoms with Crippen LogP contribution in [0.5, 0.6) is 5.88 Å². The lowest BCUT2D eigenvalue weighted by Crippen LogP contribution is -2.05. The number of nitrogens with zero attached hydrogens (tertiary/aromatic N) is 4. The third-order valence-electron chi connectivity index (χ3n) is 2.56. The smallest absolute Gasteiger partial charge is 0.218 e. The molecule has 6 nitrogen and oxygen atoms in total. The minimum atomic E-state index is 0.575. The molecule has 18 heavy (non-hydrogen) atoms. The highest BCUT2D eigenvalue weighted by atomic mass is 16.5. The minimum absolute atomic E-state index is 0.575. The first-order chi connectivity index (χ1) is 8.88. The van der Waals surface area contributed by atoms with Gasteiger partial charge in [0.2, 0.25) is 5.88 Å². The molecule has 96 valence electrons. The van der Waals surface area contributed by atoms with E-state index >= 15 is 0 Å². The molecule has 2 heterocycles. The van der Waals surface area contributed by atoms with Gasteiger partial charge in [-0.25, -0.2) is 15.0 Å². The van der Waals surface area contributed by atoms with Gasteiger partial charge < -0.3 is 14.6 Å². The van der Waals surface area contributed by atoms with Crippen LogP contribution in [0.2, 0.25) is 0 Å². The summed E-state index contributed by atoms with van der Waals surface area (Å²) in [5, 5.41) is 3.24. The Bertz CT molecular complexity index is 457. The quantitative estimate of drug-likeness (QED) is 0.752. The van der Waals surface area contributed by atoms with Crippen molar-refractivity contribution in [3.63, 3.8) is 0 Å². The van der Waals surface area contributed by atoms with Gasteiger partial charge in [0.1, 0.15) is 12.1 Å². The maximum Gasteiger partial charge on any atom is 0.218 e. The van der Waals surface area contributed by atoms with Crippen LogP contribution in [0.15, 0.2) is 31.1 Å². The van der Waals surface area contributed by atoms with Crippen LogP contribution >= 0.6 is 0 Å². The lowest BCUT2D eigenvalue weighted by atomic mass is 10.3. The molecule has 0 aliphatic rings. The van der Waals surface area contributed by atoms with Crippen LogP contribution in [0.1, 0.15) is 12.8 Å². The molecule has 0 aliphatic heterocycles. The summed E-state index contributed by atoms with van der Waals surface area (Å²) >= 11 is 0. The minimum Gasteiger partial charge on any atom is -0.481 e. The maximum atomic E-state index is 5.03. The van der Waals surface area contributed by atoms with Gasteiger partial charge in [-0.1, -0.05) is 0 Å². The monoisotopic (exact) mass is 247 g/mol. The van der Waals surface area contributed by atoms with Crippen LogP contribution < -0.4 is 10.1 Å². The molecular weight excluding hydrogens is 230 g/mol. The van der Waals surface area contributed by atoms with Crippen LogP contribution in [0.4, 0.5) is 5.82 Å². The van der Waals surface area contributed by atoms with Crippen molar-refractivity contribution in [3.05, 3.63) is 31.1 Å². The Morgan fingerprint density at radius 2 is 2.28 bits per heavy atom.